The highest BCUT2D eigenvalue weighted by Crippen LogP contribution is 2.19. The molecule has 0 saturated carbocycles. The zero-order valence-electron chi connectivity index (χ0n) is 10.5. The number of nitrogens with one attached hydrogen (secondary N) is 1. The van der Waals surface area contributed by atoms with E-state index in [1.54, 1.807) is 13.8 Å². The number of nitrogen functional groups attached to an aromatic ring is 1. The number of benzene rings is 1. The van der Waals surface area contributed by atoms with Gasteiger partial charge < -0.3 is 10.2 Å². The normalized spacial score (nSPS) is 12.2. The van der Waals surface area contributed by atoms with Gasteiger partial charge in [0.15, 0.2) is 0 Å². The smallest absolute Gasteiger partial charge is 0.359 e. The Labute approximate surface area is 110 Å². The van der Waals surface area contributed by atoms with Crippen LogP contribution in [0.3, 0.4) is 0 Å². The van der Waals surface area contributed by atoms with Crippen molar-refractivity contribution < 1.29 is 12.8 Å². The van der Waals surface area contributed by atoms with E-state index in [-0.39, 0.29) is 16.6 Å². The molecule has 0 fully saturated rings. The van der Waals surface area contributed by atoms with Gasteiger partial charge in [0.05, 0.1) is 4.90 Å². The molecular weight excluding hydrogens is 268 g/mol. The fourth-order valence-electron chi connectivity index (χ4n) is 1.66. The second kappa shape index (κ2) is 4.67. The average Bonchev–Trinajstić information content (AvgIpc) is 2.28. The summed E-state index contributed by atoms with van der Waals surface area (Å²) in [5.74, 6) is 0. The minimum Gasteiger partial charge on any atom is -0.421 e. The molecule has 0 spiro atoms. The van der Waals surface area contributed by atoms with Crippen LogP contribution in [0.4, 0.5) is 5.69 Å². The molecule has 0 radical (unpaired) electrons. The van der Waals surface area contributed by atoms with Crippen molar-refractivity contribution >= 4 is 26.7 Å². The fourth-order valence-corrected chi connectivity index (χ4v) is 2.95. The third-order valence-electron chi connectivity index (χ3n) is 2.43. The van der Waals surface area contributed by atoms with Crippen LogP contribution in [0, 0.1) is 0 Å². The SMILES string of the molecule is CC(C)NS(=O)(=O)c1ccc2oc(=O)c(N)cc2c1. The Morgan fingerprint density at radius 2 is 1.95 bits per heavy atom. The van der Waals surface area contributed by atoms with Gasteiger partial charge in [-0.05, 0) is 38.1 Å². The maximum atomic E-state index is 12.0. The maximum absolute atomic E-state index is 12.0. The summed E-state index contributed by atoms with van der Waals surface area (Å²) in [6.45, 7) is 3.46. The number of nitrogens with two attached hydrogens (primary N) is 1. The Morgan fingerprint density at radius 1 is 1.26 bits per heavy atom. The summed E-state index contributed by atoms with van der Waals surface area (Å²) in [6.07, 6.45) is 0. The number of hydrogen-bond donors (Lipinski definition) is 2. The fraction of sp³-hybridized carbons (Fsp3) is 0.250. The second-order valence-electron chi connectivity index (χ2n) is 4.46. The lowest BCUT2D eigenvalue weighted by molar-refractivity contribution is 0.563. The van der Waals surface area contributed by atoms with Crippen LogP contribution in [-0.4, -0.2) is 14.5 Å². The molecular formula is C12H14N2O4S. The van der Waals surface area contributed by atoms with Crippen molar-refractivity contribution in [3.63, 3.8) is 0 Å². The largest absolute Gasteiger partial charge is 0.421 e. The van der Waals surface area contributed by atoms with Gasteiger partial charge in [-0.2, -0.15) is 0 Å². The third-order valence-corrected chi connectivity index (χ3v) is 4.09. The molecule has 2 aromatic rings. The van der Waals surface area contributed by atoms with Crippen molar-refractivity contribution in [1.29, 1.82) is 0 Å². The van der Waals surface area contributed by atoms with Crippen LogP contribution >= 0.6 is 0 Å². The molecule has 1 heterocycles. The first-order valence-electron chi connectivity index (χ1n) is 5.65. The Morgan fingerprint density at radius 3 is 2.58 bits per heavy atom. The highest BCUT2D eigenvalue weighted by Gasteiger charge is 2.16. The van der Waals surface area contributed by atoms with Crippen LogP contribution in [0.2, 0.25) is 0 Å². The van der Waals surface area contributed by atoms with Crippen molar-refractivity contribution in [2.24, 2.45) is 0 Å². The Bertz CT molecular complexity index is 778. The van der Waals surface area contributed by atoms with Gasteiger partial charge in [-0.1, -0.05) is 0 Å². The van der Waals surface area contributed by atoms with E-state index in [9.17, 15) is 13.2 Å². The summed E-state index contributed by atoms with van der Waals surface area (Å²) in [7, 11) is -3.58. The molecule has 7 heteroatoms. The summed E-state index contributed by atoms with van der Waals surface area (Å²) in [5.41, 5.74) is 5.06. The summed E-state index contributed by atoms with van der Waals surface area (Å²) in [6, 6.07) is 5.42. The summed E-state index contributed by atoms with van der Waals surface area (Å²) < 4.78 is 31.4. The van der Waals surface area contributed by atoms with Gasteiger partial charge in [-0.3, -0.25) is 0 Å². The molecule has 0 aliphatic rings. The standard InChI is InChI=1S/C12H14N2O4S/c1-7(2)14-19(16,17)9-3-4-11-8(5-9)6-10(13)12(15)18-11/h3-7,14H,13H2,1-2H3. The zero-order valence-corrected chi connectivity index (χ0v) is 11.3. The van der Waals surface area contributed by atoms with Crippen molar-refractivity contribution in [3.8, 4) is 0 Å². The van der Waals surface area contributed by atoms with Crippen LogP contribution in [0.25, 0.3) is 11.0 Å². The summed E-state index contributed by atoms with van der Waals surface area (Å²) >= 11 is 0. The minimum atomic E-state index is -3.58. The van der Waals surface area contributed by atoms with E-state index in [0.717, 1.165) is 0 Å². The first-order chi connectivity index (χ1) is 8.79. The number of fused-ring (bicyclic) bond motifs is 1. The summed E-state index contributed by atoms with van der Waals surface area (Å²) in [4.78, 5) is 11.3. The summed E-state index contributed by atoms with van der Waals surface area (Å²) in [5, 5.41) is 0.462. The van der Waals surface area contributed by atoms with E-state index in [1.165, 1.54) is 24.3 Å². The first kappa shape index (κ1) is 13.6. The molecule has 19 heavy (non-hydrogen) atoms. The highest BCUT2D eigenvalue weighted by molar-refractivity contribution is 7.89. The molecule has 0 bridgehead atoms. The molecule has 3 N–H and O–H groups in total. The van der Waals surface area contributed by atoms with Crippen LogP contribution in [-0.2, 0) is 10.0 Å². The number of sulfonamides is 1. The lowest BCUT2D eigenvalue weighted by atomic mass is 10.2. The Hall–Kier alpha value is -1.86. The molecule has 102 valence electrons. The Balaban J connectivity index is 2.59. The molecule has 6 nitrogen and oxygen atoms in total. The van der Waals surface area contributed by atoms with E-state index in [4.69, 9.17) is 10.2 Å². The second-order valence-corrected chi connectivity index (χ2v) is 6.18. The van der Waals surface area contributed by atoms with E-state index >= 15 is 0 Å². The van der Waals surface area contributed by atoms with E-state index in [0.29, 0.717) is 11.0 Å². The van der Waals surface area contributed by atoms with Gasteiger partial charge in [0, 0.05) is 11.4 Å². The zero-order chi connectivity index (χ0) is 14.2. The Kier molecular flexibility index (Phi) is 3.34. The van der Waals surface area contributed by atoms with E-state index in [1.807, 2.05) is 0 Å². The lowest BCUT2D eigenvalue weighted by Crippen LogP contribution is -2.30. The number of hydrogen-bond acceptors (Lipinski definition) is 5. The maximum Gasteiger partial charge on any atom is 0.359 e. The first-order valence-corrected chi connectivity index (χ1v) is 7.13. The molecule has 1 aromatic carbocycles. The van der Waals surface area contributed by atoms with E-state index in [2.05, 4.69) is 4.72 Å². The number of anilines is 1. The molecule has 0 aliphatic heterocycles. The predicted octanol–water partition coefficient (Wildman–Crippen LogP) is 1.06. The van der Waals surface area contributed by atoms with Gasteiger partial charge in [0.2, 0.25) is 10.0 Å². The molecule has 0 atom stereocenters. The minimum absolute atomic E-state index is 0.0566. The van der Waals surface area contributed by atoms with Crippen LogP contribution < -0.4 is 16.1 Å². The molecule has 0 amide bonds. The van der Waals surface area contributed by atoms with Crippen molar-refractivity contribution in [2.75, 3.05) is 5.73 Å². The van der Waals surface area contributed by atoms with E-state index < -0.39 is 15.6 Å². The lowest BCUT2D eigenvalue weighted by Gasteiger charge is -2.09. The van der Waals surface area contributed by atoms with Crippen molar-refractivity contribution in [2.45, 2.75) is 24.8 Å². The van der Waals surface area contributed by atoms with Gasteiger partial charge in [0.1, 0.15) is 11.3 Å². The molecule has 0 aliphatic carbocycles. The number of rotatable bonds is 3. The monoisotopic (exact) mass is 282 g/mol. The van der Waals surface area contributed by atoms with Gasteiger partial charge in [-0.15, -0.1) is 0 Å². The van der Waals surface area contributed by atoms with Gasteiger partial charge in [0.25, 0.3) is 0 Å². The average molecular weight is 282 g/mol. The quantitative estimate of drug-likeness (QED) is 0.819. The molecule has 2 rings (SSSR count). The predicted molar refractivity (Wildman–Crippen MR) is 72.4 cm³/mol. The molecule has 0 saturated heterocycles. The van der Waals surface area contributed by atoms with Crippen LogP contribution in [0.15, 0.2) is 38.4 Å². The van der Waals surface area contributed by atoms with Crippen LogP contribution in [0.5, 0.6) is 0 Å². The highest BCUT2D eigenvalue weighted by atomic mass is 32.2. The van der Waals surface area contributed by atoms with Crippen molar-refractivity contribution in [3.05, 3.63) is 34.7 Å². The topological polar surface area (TPSA) is 102 Å². The van der Waals surface area contributed by atoms with Gasteiger partial charge in [-0.25, -0.2) is 17.9 Å². The molecule has 0 unspecified atom stereocenters. The van der Waals surface area contributed by atoms with Crippen LogP contribution in [0.1, 0.15) is 13.8 Å². The molecule has 1 aromatic heterocycles. The third kappa shape index (κ3) is 2.77. The van der Waals surface area contributed by atoms with Crippen molar-refractivity contribution in [1.82, 2.24) is 4.72 Å². The van der Waals surface area contributed by atoms with Gasteiger partial charge >= 0.3 is 5.63 Å².